The second kappa shape index (κ2) is 5.97. The van der Waals surface area contributed by atoms with E-state index in [1.807, 2.05) is 11.8 Å². The molecule has 3 atom stereocenters. The molecule has 1 rings (SSSR count). The van der Waals surface area contributed by atoms with Crippen molar-refractivity contribution in [2.45, 2.75) is 25.9 Å². The fourth-order valence-electron chi connectivity index (χ4n) is 1.99. The zero-order valence-electron chi connectivity index (χ0n) is 10.5. The molecule has 1 aliphatic heterocycles. The van der Waals surface area contributed by atoms with Crippen molar-refractivity contribution < 1.29 is 19.4 Å². The van der Waals surface area contributed by atoms with Gasteiger partial charge in [-0.15, -0.1) is 0 Å². The van der Waals surface area contributed by atoms with Crippen LogP contribution in [-0.4, -0.2) is 60.8 Å². The summed E-state index contributed by atoms with van der Waals surface area (Å²) in [6.45, 7) is 4.92. The molecule has 17 heavy (non-hydrogen) atoms. The first kappa shape index (κ1) is 13.9. The number of carboxylic acid groups (broad SMARTS) is 1. The van der Waals surface area contributed by atoms with E-state index in [2.05, 4.69) is 5.32 Å². The highest BCUT2D eigenvalue weighted by atomic mass is 16.5. The van der Waals surface area contributed by atoms with Crippen molar-refractivity contribution in [2.75, 3.05) is 26.8 Å². The molecule has 1 fully saturated rings. The van der Waals surface area contributed by atoms with Crippen LogP contribution in [0.5, 0.6) is 0 Å². The highest BCUT2D eigenvalue weighted by molar-refractivity contribution is 5.82. The Morgan fingerprint density at radius 3 is 2.65 bits per heavy atom. The van der Waals surface area contributed by atoms with Crippen LogP contribution in [0.25, 0.3) is 0 Å². The lowest BCUT2D eigenvalue weighted by atomic mass is 9.99. The maximum absolute atomic E-state index is 11.7. The van der Waals surface area contributed by atoms with Gasteiger partial charge in [-0.05, 0) is 6.92 Å². The summed E-state index contributed by atoms with van der Waals surface area (Å²) >= 11 is 0. The van der Waals surface area contributed by atoms with Crippen LogP contribution in [0.2, 0.25) is 0 Å². The van der Waals surface area contributed by atoms with Crippen LogP contribution < -0.4 is 5.32 Å². The van der Waals surface area contributed by atoms with Gasteiger partial charge in [-0.25, -0.2) is 0 Å². The van der Waals surface area contributed by atoms with Gasteiger partial charge in [-0.2, -0.15) is 0 Å². The van der Waals surface area contributed by atoms with E-state index in [9.17, 15) is 9.59 Å². The Balaban J connectivity index is 2.77. The van der Waals surface area contributed by atoms with Gasteiger partial charge in [-0.3, -0.25) is 14.5 Å². The summed E-state index contributed by atoms with van der Waals surface area (Å²) in [4.78, 5) is 24.6. The van der Waals surface area contributed by atoms with Crippen LogP contribution in [0.1, 0.15) is 13.8 Å². The summed E-state index contributed by atoms with van der Waals surface area (Å²) in [7, 11) is 1.57. The molecular weight excluding hydrogens is 224 g/mol. The van der Waals surface area contributed by atoms with Gasteiger partial charge in [0.2, 0.25) is 5.91 Å². The number of carbonyl (C=O) groups is 2. The molecule has 1 amide bonds. The Bertz CT molecular complexity index is 295. The molecule has 6 nitrogen and oxygen atoms in total. The van der Waals surface area contributed by atoms with Gasteiger partial charge in [0, 0.05) is 19.6 Å². The first-order valence-electron chi connectivity index (χ1n) is 5.77. The Hall–Kier alpha value is -1.14. The molecular formula is C11H20N2O4. The monoisotopic (exact) mass is 244 g/mol. The molecule has 2 N–H and O–H groups in total. The molecule has 0 bridgehead atoms. The summed E-state index contributed by atoms with van der Waals surface area (Å²) < 4.78 is 5.28. The molecule has 1 heterocycles. The number of rotatable bonds is 4. The normalized spacial score (nSPS) is 25.0. The molecule has 0 aromatic carbocycles. The lowest BCUT2D eigenvalue weighted by molar-refractivity contribution is -0.148. The van der Waals surface area contributed by atoms with Crippen molar-refractivity contribution in [2.24, 2.45) is 5.92 Å². The number of carboxylic acids is 1. The standard InChI is InChI=1S/C11H20N2O4/c1-7(11(15)16)8(2)13-4-5-17-6-9(13)10(14)12-3/h7-9H,4-6H2,1-3H3,(H,12,14)(H,15,16). The van der Waals surface area contributed by atoms with E-state index >= 15 is 0 Å². The Morgan fingerprint density at radius 1 is 1.47 bits per heavy atom. The number of hydrogen-bond acceptors (Lipinski definition) is 4. The largest absolute Gasteiger partial charge is 0.481 e. The number of amides is 1. The van der Waals surface area contributed by atoms with E-state index in [-0.39, 0.29) is 11.9 Å². The van der Waals surface area contributed by atoms with Crippen LogP contribution in [0, 0.1) is 5.92 Å². The van der Waals surface area contributed by atoms with Gasteiger partial charge < -0.3 is 15.2 Å². The minimum Gasteiger partial charge on any atom is -0.481 e. The molecule has 1 saturated heterocycles. The fraction of sp³-hybridized carbons (Fsp3) is 0.818. The SMILES string of the molecule is CNC(=O)C1COCCN1C(C)C(C)C(=O)O. The lowest BCUT2D eigenvalue weighted by Gasteiger charge is -2.39. The van der Waals surface area contributed by atoms with Crippen LogP contribution >= 0.6 is 0 Å². The lowest BCUT2D eigenvalue weighted by Crippen LogP contribution is -2.58. The van der Waals surface area contributed by atoms with E-state index in [1.54, 1.807) is 14.0 Å². The Morgan fingerprint density at radius 2 is 2.12 bits per heavy atom. The van der Waals surface area contributed by atoms with Crippen LogP contribution in [0.4, 0.5) is 0 Å². The molecule has 6 heteroatoms. The van der Waals surface area contributed by atoms with Crippen molar-refractivity contribution in [3.63, 3.8) is 0 Å². The third-order valence-corrected chi connectivity index (χ3v) is 3.36. The molecule has 0 spiro atoms. The first-order valence-corrected chi connectivity index (χ1v) is 5.77. The van der Waals surface area contributed by atoms with Gasteiger partial charge in [0.25, 0.3) is 0 Å². The maximum atomic E-state index is 11.7. The number of nitrogens with one attached hydrogen (secondary N) is 1. The summed E-state index contributed by atoms with van der Waals surface area (Å²) in [6, 6.07) is -0.593. The molecule has 98 valence electrons. The summed E-state index contributed by atoms with van der Waals surface area (Å²) in [5.41, 5.74) is 0. The summed E-state index contributed by atoms with van der Waals surface area (Å²) in [5.74, 6) is -1.49. The number of hydrogen-bond donors (Lipinski definition) is 2. The molecule has 0 saturated carbocycles. The molecule has 0 aromatic heterocycles. The van der Waals surface area contributed by atoms with E-state index in [4.69, 9.17) is 9.84 Å². The molecule has 3 unspecified atom stereocenters. The Labute approximate surface area is 101 Å². The minimum atomic E-state index is -0.848. The van der Waals surface area contributed by atoms with Gasteiger partial charge in [-0.1, -0.05) is 6.92 Å². The van der Waals surface area contributed by atoms with Crippen molar-refractivity contribution in [3.05, 3.63) is 0 Å². The highest BCUT2D eigenvalue weighted by Crippen LogP contribution is 2.17. The van der Waals surface area contributed by atoms with Gasteiger partial charge >= 0.3 is 5.97 Å². The Kier molecular flexibility index (Phi) is 4.89. The molecule has 0 aromatic rings. The van der Waals surface area contributed by atoms with E-state index in [1.165, 1.54) is 0 Å². The average molecular weight is 244 g/mol. The third kappa shape index (κ3) is 3.17. The second-order valence-corrected chi connectivity index (χ2v) is 4.31. The van der Waals surface area contributed by atoms with Gasteiger partial charge in [0.05, 0.1) is 19.1 Å². The number of morpholine rings is 1. The number of ether oxygens (including phenoxy) is 1. The van der Waals surface area contributed by atoms with Crippen molar-refractivity contribution in [1.29, 1.82) is 0 Å². The predicted octanol–water partition coefficient (Wildman–Crippen LogP) is -0.458. The zero-order chi connectivity index (χ0) is 13.0. The molecule has 0 aliphatic carbocycles. The summed E-state index contributed by atoms with van der Waals surface area (Å²) in [5, 5.41) is 11.6. The highest BCUT2D eigenvalue weighted by Gasteiger charge is 2.35. The number of aliphatic carboxylic acids is 1. The van der Waals surface area contributed by atoms with Crippen LogP contribution in [0.15, 0.2) is 0 Å². The van der Waals surface area contributed by atoms with Crippen molar-refractivity contribution in [3.8, 4) is 0 Å². The molecule has 0 radical (unpaired) electrons. The maximum Gasteiger partial charge on any atom is 0.307 e. The summed E-state index contributed by atoms with van der Waals surface area (Å²) in [6.07, 6.45) is 0. The number of carbonyl (C=O) groups excluding carboxylic acids is 1. The van der Waals surface area contributed by atoms with Crippen LogP contribution in [-0.2, 0) is 14.3 Å². The van der Waals surface area contributed by atoms with Crippen LogP contribution in [0.3, 0.4) is 0 Å². The van der Waals surface area contributed by atoms with E-state index in [0.29, 0.717) is 19.8 Å². The zero-order valence-corrected chi connectivity index (χ0v) is 10.5. The quantitative estimate of drug-likeness (QED) is 0.700. The van der Waals surface area contributed by atoms with E-state index in [0.717, 1.165) is 0 Å². The number of nitrogens with zero attached hydrogens (tertiary/aromatic N) is 1. The molecule has 1 aliphatic rings. The van der Waals surface area contributed by atoms with Crippen molar-refractivity contribution in [1.82, 2.24) is 10.2 Å². The third-order valence-electron chi connectivity index (χ3n) is 3.36. The van der Waals surface area contributed by atoms with Crippen molar-refractivity contribution >= 4 is 11.9 Å². The topological polar surface area (TPSA) is 78.9 Å². The van der Waals surface area contributed by atoms with Gasteiger partial charge in [0.15, 0.2) is 0 Å². The average Bonchev–Trinajstić information content (AvgIpc) is 2.35. The fourth-order valence-corrected chi connectivity index (χ4v) is 1.99. The smallest absolute Gasteiger partial charge is 0.307 e. The first-order chi connectivity index (χ1) is 7.99. The number of likely N-dealkylation sites (N-methyl/N-ethyl adjacent to an activating group) is 1. The predicted molar refractivity (Wildman–Crippen MR) is 61.6 cm³/mol. The van der Waals surface area contributed by atoms with Gasteiger partial charge in [0.1, 0.15) is 6.04 Å². The van der Waals surface area contributed by atoms with E-state index < -0.39 is 17.9 Å². The second-order valence-electron chi connectivity index (χ2n) is 4.31. The minimum absolute atomic E-state index is 0.130.